The highest BCUT2D eigenvalue weighted by atomic mass is 16.3. The molecule has 3 aromatic rings. The summed E-state index contributed by atoms with van der Waals surface area (Å²) < 4.78 is 1.96. The Morgan fingerprint density at radius 1 is 1.04 bits per heavy atom. The molecule has 1 heterocycles. The Labute approximate surface area is 141 Å². The lowest BCUT2D eigenvalue weighted by molar-refractivity contribution is -0.122. The Balaban J connectivity index is 1.71. The molecule has 0 aliphatic rings. The van der Waals surface area contributed by atoms with Gasteiger partial charge >= 0.3 is 0 Å². The molecule has 0 saturated carbocycles. The van der Waals surface area contributed by atoms with Crippen LogP contribution in [0.4, 0.5) is 0 Å². The van der Waals surface area contributed by atoms with Crippen LogP contribution in [0.2, 0.25) is 0 Å². The molecule has 2 aromatic carbocycles. The summed E-state index contributed by atoms with van der Waals surface area (Å²) in [5, 5.41) is 13.3. The average molecular weight is 322 g/mol. The third kappa shape index (κ3) is 3.84. The molecule has 3 rings (SSSR count). The fraction of sp³-hybridized carbons (Fsp3) is 0.250. The molecule has 0 aliphatic heterocycles. The molecule has 1 aromatic heterocycles. The van der Waals surface area contributed by atoms with E-state index in [-0.39, 0.29) is 25.1 Å². The summed E-state index contributed by atoms with van der Waals surface area (Å²) in [7, 11) is 0. The normalized spacial score (nSPS) is 12.2. The molecule has 0 bridgehead atoms. The Morgan fingerprint density at radius 2 is 1.79 bits per heavy atom. The molecule has 4 heteroatoms. The first-order chi connectivity index (χ1) is 11.8. The van der Waals surface area contributed by atoms with Crippen LogP contribution in [0.5, 0.6) is 0 Å². The summed E-state index contributed by atoms with van der Waals surface area (Å²) in [5.41, 5.74) is 2.12. The number of benzene rings is 2. The van der Waals surface area contributed by atoms with E-state index in [0.29, 0.717) is 6.42 Å². The number of aromatic nitrogens is 1. The number of rotatable bonds is 7. The Kier molecular flexibility index (Phi) is 5.29. The second-order valence-corrected chi connectivity index (χ2v) is 5.90. The van der Waals surface area contributed by atoms with Crippen LogP contribution in [-0.2, 0) is 11.3 Å². The number of aliphatic hydroxyl groups is 1. The van der Waals surface area contributed by atoms with Crippen molar-refractivity contribution >= 4 is 16.8 Å². The molecule has 0 spiro atoms. The van der Waals surface area contributed by atoms with E-state index in [1.54, 1.807) is 0 Å². The Bertz CT molecular complexity index is 796. The molecule has 2 N–H and O–H groups in total. The minimum atomic E-state index is -0.0762. The minimum Gasteiger partial charge on any atom is -0.396 e. The van der Waals surface area contributed by atoms with E-state index >= 15 is 0 Å². The largest absolute Gasteiger partial charge is 0.396 e. The molecular weight excluding hydrogens is 300 g/mol. The van der Waals surface area contributed by atoms with E-state index in [9.17, 15) is 4.79 Å². The molecule has 0 aliphatic carbocycles. The van der Waals surface area contributed by atoms with Crippen LogP contribution in [0.25, 0.3) is 10.9 Å². The van der Waals surface area contributed by atoms with Crippen molar-refractivity contribution in [2.45, 2.75) is 25.4 Å². The highest BCUT2D eigenvalue weighted by molar-refractivity contribution is 5.83. The molecule has 0 radical (unpaired) electrons. The van der Waals surface area contributed by atoms with Crippen LogP contribution < -0.4 is 5.32 Å². The van der Waals surface area contributed by atoms with E-state index in [1.807, 2.05) is 71.4 Å². The Hall–Kier alpha value is -2.59. The van der Waals surface area contributed by atoms with Gasteiger partial charge in [0.25, 0.3) is 0 Å². The van der Waals surface area contributed by atoms with Crippen LogP contribution in [-0.4, -0.2) is 22.2 Å². The standard InChI is InChI=1S/C20H22N2O2/c23-14-6-10-18(16-7-2-1-3-8-16)21-20(24)15-22-13-12-17-9-4-5-11-19(17)22/h1-5,7-9,11-13,18,23H,6,10,14-15H2,(H,21,24). The first-order valence-electron chi connectivity index (χ1n) is 8.27. The van der Waals surface area contributed by atoms with Crippen LogP contribution in [0, 0.1) is 0 Å². The number of carbonyl (C=O) groups is 1. The second kappa shape index (κ2) is 7.79. The van der Waals surface area contributed by atoms with Crippen LogP contribution >= 0.6 is 0 Å². The summed E-state index contributed by atoms with van der Waals surface area (Å²) in [5.74, 6) is -0.0249. The predicted octanol–water partition coefficient (Wildman–Crippen LogP) is 3.27. The summed E-state index contributed by atoms with van der Waals surface area (Å²) >= 11 is 0. The summed E-state index contributed by atoms with van der Waals surface area (Å²) in [4.78, 5) is 12.5. The van der Waals surface area contributed by atoms with Crippen LogP contribution in [0.15, 0.2) is 66.9 Å². The predicted molar refractivity (Wildman–Crippen MR) is 95.6 cm³/mol. The first kappa shape index (κ1) is 16.3. The van der Waals surface area contributed by atoms with E-state index < -0.39 is 0 Å². The van der Waals surface area contributed by atoms with Gasteiger partial charge in [-0.2, -0.15) is 0 Å². The molecule has 124 valence electrons. The minimum absolute atomic E-state index is 0.0249. The fourth-order valence-corrected chi connectivity index (χ4v) is 2.98. The third-order valence-electron chi connectivity index (χ3n) is 4.18. The van der Waals surface area contributed by atoms with Crippen molar-refractivity contribution in [3.05, 3.63) is 72.4 Å². The number of aliphatic hydroxyl groups excluding tert-OH is 1. The monoisotopic (exact) mass is 322 g/mol. The van der Waals surface area contributed by atoms with Gasteiger partial charge in [-0.3, -0.25) is 4.79 Å². The molecule has 0 fully saturated rings. The van der Waals surface area contributed by atoms with Gasteiger partial charge in [-0.25, -0.2) is 0 Å². The lowest BCUT2D eigenvalue weighted by atomic mass is 10.0. The third-order valence-corrected chi connectivity index (χ3v) is 4.18. The number of amides is 1. The molecule has 1 unspecified atom stereocenters. The van der Waals surface area contributed by atoms with E-state index in [1.165, 1.54) is 0 Å². The van der Waals surface area contributed by atoms with Gasteiger partial charge in [0.15, 0.2) is 0 Å². The quantitative estimate of drug-likeness (QED) is 0.701. The molecular formula is C20H22N2O2. The van der Waals surface area contributed by atoms with Gasteiger partial charge in [-0.05, 0) is 35.9 Å². The lowest BCUT2D eigenvalue weighted by Crippen LogP contribution is -2.31. The smallest absolute Gasteiger partial charge is 0.240 e. The topological polar surface area (TPSA) is 54.3 Å². The number of hydrogen-bond donors (Lipinski definition) is 2. The fourth-order valence-electron chi connectivity index (χ4n) is 2.98. The average Bonchev–Trinajstić information content (AvgIpc) is 3.02. The number of hydrogen-bond acceptors (Lipinski definition) is 2. The van der Waals surface area contributed by atoms with Gasteiger partial charge in [-0.15, -0.1) is 0 Å². The number of para-hydroxylation sites is 1. The van der Waals surface area contributed by atoms with E-state index in [0.717, 1.165) is 22.9 Å². The maximum atomic E-state index is 12.5. The number of nitrogens with one attached hydrogen (secondary N) is 1. The molecule has 0 saturated heterocycles. The van der Waals surface area contributed by atoms with E-state index in [4.69, 9.17) is 5.11 Å². The SMILES string of the molecule is O=C(Cn1ccc2ccccc21)NC(CCCO)c1ccccc1. The molecule has 4 nitrogen and oxygen atoms in total. The van der Waals surface area contributed by atoms with Crippen molar-refractivity contribution in [1.82, 2.24) is 9.88 Å². The van der Waals surface area contributed by atoms with Crippen LogP contribution in [0.1, 0.15) is 24.4 Å². The van der Waals surface area contributed by atoms with E-state index in [2.05, 4.69) is 5.32 Å². The van der Waals surface area contributed by atoms with Gasteiger partial charge < -0.3 is 15.0 Å². The first-order valence-corrected chi connectivity index (χ1v) is 8.27. The Morgan fingerprint density at radius 3 is 2.58 bits per heavy atom. The molecule has 1 amide bonds. The number of carbonyl (C=O) groups excluding carboxylic acids is 1. The van der Waals surface area contributed by atoms with Crippen molar-refractivity contribution in [1.29, 1.82) is 0 Å². The van der Waals surface area contributed by atoms with Gasteiger partial charge in [0.2, 0.25) is 5.91 Å². The maximum Gasteiger partial charge on any atom is 0.240 e. The van der Waals surface area contributed by atoms with Crippen molar-refractivity contribution in [3.63, 3.8) is 0 Å². The zero-order chi connectivity index (χ0) is 16.8. The summed E-state index contributed by atoms with van der Waals surface area (Å²) in [6.45, 7) is 0.414. The zero-order valence-corrected chi connectivity index (χ0v) is 13.6. The van der Waals surface area contributed by atoms with Gasteiger partial charge in [-0.1, -0.05) is 48.5 Å². The van der Waals surface area contributed by atoms with Crippen molar-refractivity contribution < 1.29 is 9.90 Å². The number of nitrogens with zero attached hydrogens (tertiary/aromatic N) is 1. The highest BCUT2D eigenvalue weighted by Crippen LogP contribution is 2.19. The van der Waals surface area contributed by atoms with Gasteiger partial charge in [0.05, 0.1) is 6.04 Å². The summed E-state index contributed by atoms with van der Waals surface area (Å²) in [6.07, 6.45) is 3.32. The second-order valence-electron chi connectivity index (χ2n) is 5.90. The molecule has 24 heavy (non-hydrogen) atoms. The molecule has 1 atom stereocenters. The zero-order valence-electron chi connectivity index (χ0n) is 13.6. The van der Waals surface area contributed by atoms with Gasteiger partial charge in [0, 0.05) is 18.3 Å². The van der Waals surface area contributed by atoms with Crippen molar-refractivity contribution in [3.8, 4) is 0 Å². The summed E-state index contributed by atoms with van der Waals surface area (Å²) in [6, 6.07) is 19.9. The van der Waals surface area contributed by atoms with Crippen LogP contribution in [0.3, 0.4) is 0 Å². The number of fused-ring (bicyclic) bond motifs is 1. The van der Waals surface area contributed by atoms with Crippen molar-refractivity contribution in [2.24, 2.45) is 0 Å². The maximum absolute atomic E-state index is 12.5. The van der Waals surface area contributed by atoms with Gasteiger partial charge in [0.1, 0.15) is 6.54 Å². The highest BCUT2D eigenvalue weighted by Gasteiger charge is 2.15. The van der Waals surface area contributed by atoms with Crippen molar-refractivity contribution in [2.75, 3.05) is 6.61 Å². The lowest BCUT2D eigenvalue weighted by Gasteiger charge is -2.19.